The molecule has 0 rings (SSSR count). The van der Waals surface area contributed by atoms with E-state index in [4.69, 9.17) is 16.3 Å². The summed E-state index contributed by atoms with van der Waals surface area (Å²) in [5, 5.41) is 2.68. The Morgan fingerprint density at radius 1 is 1.53 bits per heavy atom. The van der Waals surface area contributed by atoms with Gasteiger partial charge in [-0.05, 0) is 57.0 Å². The summed E-state index contributed by atoms with van der Waals surface area (Å²) in [4.78, 5) is 15.2. The molecule has 1 amide bonds. The topological polar surface area (TPSA) is 50.7 Å². The van der Waals surface area contributed by atoms with Crippen LogP contribution in [0.3, 0.4) is 0 Å². The molecule has 0 aliphatic carbocycles. The lowest BCUT2D eigenvalue weighted by molar-refractivity contribution is 0.0547. The SMILES string of the molecule is C=N/C(Cl)=C(NC(=O)OC(C)(C)C)\C(I)=C/C. The van der Waals surface area contributed by atoms with Crippen molar-refractivity contribution < 1.29 is 9.53 Å². The number of nitrogens with one attached hydrogen (secondary N) is 1. The molecule has 17 heavy (non-hydrogen) atoms. The maximum atomic E-state index is 11.6. The van der Waals surface area contributed by atoms with Crippen molar-refractivity contribution in [3.8, 4) is 0 Å². The fourth-order valence-electron chi connectivity index (χ4n) is 0.839. The van der Waals surface area contributed by atoms with E-state index in [1.165, 1.54) is 0 Å². The highest BCUT2D eigenvalue weighted by atomic mass is 127. The quantitative estimate of drug-likeness (QED) is 0.354. The van der Waals surface area contributed by atoms with Gasteiger partial charge in [0.25, 0.3) is 0 Å². The van der Waals surface area contributed by atoms with E-state index < -0.39 is 11.7 Å². The number of aliphatic imine (C=N–C) groups is 1. The molecule has 0 fully saturated rings. The van der Waals surface area contributed by atoms with Crippen LogP contribution in [0.2, 0.25) is 0 Å². The Bertz CT molecular complexity index is 370. The molecule has 0 spiro atoms. The molecular weight excluding hydrogens is 354 g/mol. The van der Waals surface area contributed by atoms with E-state index in [2.05, 4.69) is 17.0 Å². The van der Waals surface area contributed by atoms with E-state index in [9.17, 15) is 4.79 Å². The number of alkyl carbamates (subject to hydrolysis) is 1. The average Bonchev–Trinajstić information content (AvgIpc) is 2.21. The fraction of sp³-hybridized carbons (Fsp3) is 0.455. The van der Waals surface area contributed by atoms with E-state index in [1.54, 1.807) is 26.8 Å². The first-order chi connectivity index (χ1) is 7.71. The van der Waals surface area contributed by atoms with Crippen LogP contribution in [-0.4, -0.2) is 18.4 Å². The summed E-state index contributed by atoms with van der Waals surface area (Å²) in [5.74, 6) is 0. The van der Waals surface area contributed by atoms with Crippen molar-refractivity contribution in [2.75, 3.05) is 0 Å². The molecule has 0 heterocycles. The number of ether oxygens (including phenoxy) is 1. The van der Waals surface area contributed by atoms with Gasteiger partial charge in [-0.3, -0.25) is 10.3 Å². The Labute approximate surface area is 120 Å². The summed E-state index contributed by atoms with van der Waals surface area (Å²) in [6.45, 7) is 10.5. The van der Waals surface area contributed by atoms with Crippen LogP contribution in [0.15, 0.2) is 25.5 Å². The molecule has 0 bridgehead atoms. The number of rotatable bonds is 3. The molecule has 4 nitrogen and oxygen atoms in total. The van der Waals surface area contributed by atoms with E-state index in [0.29, 0.717) is 5.70 Å². The van der Waals surface area contributed by atoms with Gasteiger partial charge in [0.1, 0.15) is 5.60 Å². The van der Waals surface area contributed by atoms with Gasteiger partial charge >= 0.3 is 6.09 Å². The minimum Gasteiger partial charge on any atom is -0.444 e. The lowest BCUT2D eigenvalue weighted by atomic mass is 10.2. The Balaban J connectivity index is 4.93. The summed E-state index contributed by atoms with van der Waals surface area (Å²) in [6, 6.07) is 0. The highest BCUT2D eigenvalue weighted by Gasteiger charge is 2.18. The van der Waals surface area contributed by atoms with Crippen LogP contribution in [0.25, 0.3) is 0 Å². The first-order valence-corrected chi connectivity index (χ1v) is 6.35. The van der Waals surface area contributed by atoms with E-state index in [1.807, 2.05) is 29.5 Å². The number of hydrogen-bond acceptors (Lipinski definition) is 3. The van der Waals surface area contributed by atoms with Crippen molar-refractivity contribution in [2.45, 2.75) is 33.3 Å². The van der Waals surface area contributed by atoms with Crippen LogP contribution >= 0.6 is 34.2 Å². The molecule has 0 aromatic carbocycles. The highest BCUT2D eigenvalue weighted by Crippen LogP contribution is 2.22. The van der Waals surface area contributed by atoms with Crippen LogP contribution < -0.4 is 5.32 Å². The monoisotopic (exact) mass is 370 g/mol. The Morgan fingerprint density at radius 2 is 2.06 bits per heavy atom. The lowest BCUT2D eigenvalue weighted by Gasteiger charge is -2.20. The van der Waals surface area contributed by atoms with Gasteiger partial charge in [0.05, 0.1) is 5.70 Å². The van der Waals surface area contributed by atoms with Crippen molar-refractivity contribution in [1.82, 2.24) is 5.32 Å². The van der Waals surface area contributed by atoms with Crippen molar-refractivity contribution in [3.05, 3.63) is 20.5 Å². The third-order valence-corrected chi connectivity index (χ3v) is 2.93. The van der Waals surface area contributed by atoms with Crippen LogP contribution in [0.1, 0.15) is 27.7 Å². The summed E-state index contributed by atoms with van der Waals surface area (Å²) < 4.78 is 5.88. The van der Waals surface area contributed by atoms with Gasteiger partial charge in [0.2, 0.25) is 0 Å². The molecule has 96 valence electrons. The van der Waals surface area contributed by atoms with Crippen LogP contribution in [0.5, 0.6) is 0 Å². The van der Waals surface area contributed by atoms with Crippen molar-refractivity contribution in [1.29, 1.82) is 0 Å². The van der Waals surface area contributed by atoms with Gasteiger partial charge in [-0.25, -0.2) is 4.79 Å². The molecule has 6 heteroatoms. The van der Waals surface area contributed by atoms with Gasteiger partial charge in [0.15, 0.2) is 5.16 Å². The van der Waals surface area contributed by atoms with Crippen molar-refractivity contribution in [3.63, 3.8) is 0 Å². The number of amides is 1. The molecule has 0 radical (unpaired) electrons. The predicted molar refractivity (Wildman–Crippen MR) is 79.6 cm³/mol. The van der Waals surface area contributed by atoms with Crippen molar-refractivity contribution >= 4 is 47.0 Å². The molecule has 0 atom stereocenters. The maximum Gasteiger partial charge on any atom is 0.412 e. The molecule has 0 saturated carbocycles. The predicted octanol–water partition coefficient (Wildman–Crippen LogP) is 3.96. The summed E-state index contributed by atoms with van der Waals surface area (Å²) in [7, 11) is 0. The summed E-state index contributed by atoms with van der Waals surface area (Å²) >= 11 is 7.89. The van der Waals surface area contributed by atoms with Gasteiger partial charge < -0.3 is 4.74 Å². The zero-order valence-electron chi connectivity index (χ0n) is 10.3. The second-order valence-electron chi connectivity index (χ2n) is 4.09. The first-order valence-electron chi connectivity index (χ1n) is 4.90. The van der Waals surface area contributed by atoms with Gasteiger partial charge in [-0.15, -0.1) is 0 Å². The fourth-order valence-corrected chi connectivity index (χ4v) is 1.54. The average molecular weight is 371 g/mol. The molecule has 1 N–H and O–H groups in total. The summed E-state index contributed by atoms with van der Waals surface area (Å²) in [6.07, 6.45) is 1.21. The minimum absolute atomic E-state index is 0.123. The Hall–Kier alpha value is -0.560. The summed E-state index contributed by atoms with van der Waals surface area (Å²) in [5.41, 5.74) is -0.177. The zero-order chi connectivity index (χ0) is 13.6. The Kier molecular flexibility index (Phi) is 6.77. The second kappa shape index (κ2) is 7.00. The molecule has 0 aliphatic heterocycles. The largest absolute Gasteiger partial charge is 0.444 e. The molecular formula is C11H16ClIN2O2. The normalized spacial score (nSPS) is 13.9. The first kappa shape index (κ1) is 16.4. The zero-order valence-corrected chi connectivity index (χ0v) is 13.2. The molecule has 0 aromatic heterocycles. The van der Waals surface area contributed by atoms with Gasteiger partial charge in [-0.1, -0.05) is 17.7 Å². The number of allylic oxidation sites excluding steroid dienone is 2. The molecule has 0 unspecified atom stereocenters. The standard InChI is InChI=1S/C11H16ClIN2O2/c1-6-7(13)8(9(12)14-5)15-10(16)17-11(2,3)4/h6H,5H2,1-4H3,(H,15,16)/b7-6+,9-8+. The number of carbonyl (C=O) groups is 1. The number of carbonyl (C=O) groups excluding carboxylic acids is 1. The number of nitrogens with zero attached hydrogens (tertiary/aromatic N) is 1. The highest BCUT2D eigenvalue weighted by molar-refractivity contribution is 14.1. The minimum atomic E-state index is -0.578. The second-order valence-corrected chi connectivity index (χ2v) is 5.61. The Morgan fingerprint density at radius 3 is 2.41 bits per heavy atom. The molecule has 0 aliphatic rings. The smallest absolute Gasteiger partial charge is 0.412 e. The third-order valence-electron chi connectivity index (χ3n) is 1.46. The van der Waals surface area contributed by atoms with Gasteiger partial charge in [-0.2, -0.15) is 0 Å². The third kappa shape index (κ3) is 6.68. The van der Waals surface area contributed by atoms with Crippen LogP contribution in [-0.2, 0) is 4.74 Å². The number of halogens is 2. The van der Waals surface area contributed by atoms with E-state index >= 15 is 0 Å². The van der Waals surface area contributed by atoms with E-state index in [0.717, 1.165) is 3.58 Å². The molecule has 0 saturated heterocycles. The molecule has 0 aromatic rings. The van der Waals surface area contributed by atoms with Crippen LogP contribution in [0, 0.1) is 0 Å². The number of hydrogen-bond donors (Lipinski definition) is 1. The van der Waals surface area contributed by atoms with Gasteiger partial charge in [0, 0.05) is 3.58 Å². The lowest BCUT2D eigenvalue weighted by Crippen LogP contribution is -2.32. The van der Waals surface area contributed by atoms with Crippen molar-refractivity contribution in [2.24, 2.45) is 4.99 Å². The van der Waals surface area contributed by atoms with E-state index in [-0.39, 0.29) is 5.16 Å². The maximum absolute atomic E-state index is 11.6. The van der Waals surface area contributed by atoms with Crippen LogP contribution in [0.4, 0.5) is 4.79 Å².